The van der Waals surface area contributed by atoms with Gasteiger partial charge in [0.15, 0.2) is 0 Å². The van der Waals surface area contributed by atoms with E-state index in [4.69, 9.17) is 23.2 Å². The van der Waals surface area contributed by atoms with Crippen molar-refractivity contribution in [3.63, 3.8) is 0 Å². The maximum absolute atomic E-state index is 12.2. The Labute approximate surface area is 148 Å². The van der Waals surface area contributed by atoms with Gasteiger partial charge in [0.1, 0.15) is 4.90 Å². The Morgan fingerprint density at radius 1 is 1.04 bits per heavy atom. The van der Waals surface area contributed by atoms with Crippen LogP contribution in [0.15, 0.2) is 47.4 Å². The van der Waals surface area contributed by atoms with Gasteiger partial charge in [-0.3, -0.25) is 10.1 Å². The number of sulfonamides is 1. The monoisotopic (exact) mass is 389 g/mol. The van der Waals surface area contributed by atoms with Crippen LogP contribution in [-0.4, -0.2) is 26.4 Å². The van der Waals surface area contributed by atoms with Crippen LogP contribution in [0, 0.1) is 10.1 Å². The number of hydrogen-bond acceptors (Lipinski definition) is 5. The topological polar surface area (TPSA) is 101 Å². The van der Waals surface area contributed by atoms with Crippen molar-refractivity contribution in [2.75, 3.05) is 18.4 Å². The van der Waals surface area contributed by atoms with Gasteiger partial charge in [0.2, 0.25) is 10.0 Å². The molecule has 2 rings (SSSR count). The highest BCUT2D eigenvalue weighted by Crippen LogP contribution is 2.28. The third-order valence-corrected chi connectivity index (χ3v) is 5.46. The first kappa shape index (κ1) is 18.5. The van der Waals surface area contributed by atoms with Crippen LogP contribution in [0.3, 0.4) is 0 Å². The first-order valence-electron chi connectivity index (χ1n) is 6.73. The van der Waals surface area contributed by atoms with Crippen LogP contribution in [0.2, 0.25) is 10.0 Å². The largest absolute Gasteiger partial charge is 0.384 e. The van der Waals surface area contributed by atoms with Crippen LogP contribution in [0.5, 0.6) is 0 Å². The molecule has 0 amide bonds. The molecule has 0 aliphatic carbocycles. The summed E-state index contributed by atoms with van der Waals surface area (Å²) in [5.74, 6) is 0. The minimum atomic E-state index is -3.78. The van der Waals surface area contributed by atoms with Gasteiger partial charge in [-0.05, 0) is 24.3 Å². The molecule has 0 unspecified atom stereocenters. The van der Waals surface area contributed by atoms with Crippen LogP contribution in [0.25, 0.3) is 0 Å². The van der Waals surface area contributed by atoms with Crippen molar-refractivity contribution in [1.82, 2.24) is 4.72 Å². The zero-order valence-electron chi connectivity index (χ0n) is 12.2. The Morgan fingerprint density at radius 3 is 2.33 bits per heavy atom. The number of benzene rings is 2. The zero-order chi connectivity index (χ0) is 17.7. The lowest BCUT2D eigenvalue weighted by atomic mass is 10.3. The minimum absolute atomic E-state index is 0.0168. The van der Waals surface area contributed by atoms with E-state index in [1.165, 1.54) is 30.3 Å². The van der Waals surface area contributed by atoms with Gasteiger partial charge in [-0.1, -0.05) is 29.3 Å². The van der Waals surface area contributed by atoms with E-state index in [-0.39, 0.29) is 33.7 Å². The predicted molar refractivity (Wildman–Crippen MR) is 93.2 cm³/mol. The summed E-state index contributed by atoms with van der Waals surface area (Å²) in [6, 6.07) is 10.2. The van der Waals surface area contributed by atoms with E-state index < -0.39 is 14.9 Å². The van der Waals surface area contributed by atoms with Crippen LogP contribution in [0.1, 0.15) is 0 Å². The molecule has 2 aromatic carbocycles. The van der Waals surface area contributed by atoms with Crippen molar-refractivity contribution in [3.05, 3.63) is 62.6 Å². The normalized spacial score (nSPS) is 11.2. The van der Waals surface area contributed by atoms with Gasteiger partial charge in [0.05, 0.1) is 15.0 Å². The number of non-ortho nitro benzene ring substituents is 1. The fourth-order valence-electron chi connectivity index (χ4n) is 1.86. The van der Waals surface area contributed by atoms with E-state index in [1.54, 1.807) is 12.1 Å². The lowest BCUT2D eigenvalue weighted by Crippen LogP contribution is -2.29. The summed E-state index contributed by atoms with van der Waals surface area (Å²) in [4.78, 5) is 9.97. The van der Waals surface area contributed by atoms with Crippen molar-refractivity contribution in [1.29, 1.82) is 0 Å². The highest BCUT2D eigenvalue weighted by Gasteiger charge is 2.18. The molecule has 0 atom stereocenters. The summed E-state index contributed by atoms with van der Waals surface area (Å²) < 4.78 is 26.8. The quantitative estimate of drug-likeness (QED) is 0.429. The van der Waals surface area contributed by atoms with Crippen LogP contribution < -0.4 is 10.0 Å². The maximum Gasteiger partial charge on any atom is 0.269 e. The number of nitro groups is 1. The van der Waals surface area contributed by atoms with E-state index >= 15 is 0 Å². The summed E-state index contributed by atoms with van der Waals surface area (Å²) in [6.45, 7) is 0.386. The van der Waals surface area contributed by atoms with E-state index in [9.17, 15) is 18.5 Å². The molecule has 0 heterocycles. The molecule has 0 aliphatic heterocycles. The summed E-state index contributed by atoms with van der Waals surface area (Å²) in [5, 5.41) is 13.6. The van der Waals surface area contributed by atoms with E-state index in [2.05, 4.69) is 10.0 Å². The smallest absolute Gasteiger partial charge is 0.269 e. The Morgan fingerprint density at radius 2 is 1.71 bits per heavy atom. The summed E-state index contributed by atoms with van der Waals surface area (Å²) in [5.41, 5.74) is 0.623. The Hall–Kier alpha value is -1.87. The molecule has 0 aliphatic rings. The lowest BCUT2D eigenvalue weighted by Gasteiger charge is -2.10. The molecule has 0 bridgehead atoms. The molecule has 2 N–H and O–H groups in total. The number of hydrogen-bond donors (Lipinski definition) is 2. The molecule has 0 saturated heterocycles. The molecule has 2 aromatic rings. The Bertz CT molecular complexity index is 842. The second kappa shape index (κ2) is 7.80. The van der Waals surface area contributed by atoms with E-state index in [0.29, 0.717) is 5.69 Å². The SMILES string of the molecule is O=[N+]([O-])c1ccc(NCCNS(=O)(=O)c2cccc(Cl)c2Cl)cc1. The van der Waals surface area contributed by atoms with Crippen molar-refractivity contribution in [3.8, 4) is 0 Å². The average molecular weight is 390 g/mol. The van der Waals surface area contributed by atoms with Gasteiger partial charge in [0, 0.05) is 30.9 Å². The summed E-state index contributed by atoms with van der Waals surface area (Å²) in [7, 11) is -3.78. The molecule has 7 nitrogen and oxygen atoms in total. The lowest BCUT2D eigenvalue weighted by molar-refractivity contribution is -0.384. The fourth-order valence-corrected chi connectivity index (χ4v) is 3.65. The van der Waals surface area contributed by atoms with Gasteiger partial charge in [-0.25, -0.2) is 13.1 Å². The third kappa shape index (κ3) is 4.57. The minimum Gasteiger partial charge on any atom is -0.384 e. The van der Waals surface area contributed by atoms with Gasteiger partial charge in [-0.15, -0.1) is 0 Å². The number of nitrogens with one attached hydrogen (secondary N) is 2. The number of nitro benzene ring substituents is 1. The van der Waals surface area contributed by atoms with Gasteiger partial charge >= 0.3 is 0 Å². The first-order valence-corrected chi connectivity index (χ1v) is 8.97. The first-order chi connectivity index (χ1) is 11.3. The van der Waals surface area contributed by atoms with Gasteiger partial charge in [0.25, 0.3) is 5.69 Å². The molecule has 128 valence electrons. The van der Waals surface area contributed by atoms with Crippen molar-refractivity contribution < 1.29 is 13.3 Å². The Balaban J connectivity index is 1.91. The highest BCUT2D eigenvalue weighted by molar-refractivity contribution is 7.89. The molecule has 0 saturated carbocycles. The molecule has 0 aromatic heterocycles. The van der Waals surface area contributed by atoms with E-state index in [0.717, 1.165) is 0 Å². The van der Waals surface area contributed by atoms with Gasteiger partial charge < -0.3 is 5.32 Å². The zero-order valence-corrected chi connectivity index (χ0v) is 14.5. The average Bonchev–Trinajstić information content (AvgIpc) is 2.54. The van der Waals surface area contributed by atoms with E-state index in [1.807, 2.05) is 0 Å². The van der Waals surface area contributed by atoms with Crippen LogP contribution in [0.4, 0.5) is 11.4 Å². The van der Waals surface area contributed by atoms with Crippen molar-refractivity contribution >= 4 is 44.6 Å². The maximum atomic E-state index is 12.2. The molecule has 10 heteroatoms. The summed E-state index contributed by atoms with van der Waals surface area (Å²) >= 11 is 11.7. The van der Waals surface area contributed by atoms with Crippen LogP contribution >= 0.6 is 23.2 Å². The second-order valence-corrected chi connectivity index (χ2v) is 7.20. The predicted octanol–water partition coefficient (Wildman–Crippen LogP) is 3.29. The van der Waals surface area contributed by atoms with Crippen LogP contribution in [-0.2, 0) is 10.0 Å². The number of halogens is 2. The molecule has 0 spiro atoms. The van der Waals surface area contributed by atoms with Gasteiger partial charge in [-0.2, -0.15) is 0 Å². The summed E-state index contributed by atoms with van der Waals surface area (Å²) in [6.07, 6.45) is 0. The fraction of sp³-hybridized carbons (Fsp3) is 0.143. The van der Waals surface area contributed by atoms with Crippen molar-refractivity contribution in [2.24, 2.45) is 0 Å². The molecule has 0 fully saturated rings. The second-order valence-electron chi connectivity index (χ2n) is 4.68. The number of nitrogens with zero attached hydrogens (tertiary/aromatic N) is 1. The van der Waals surface area contributed by atoms with Crippen molar-refractivity contribution in [2.45, 2.75) is 4.90 Å². The Kier molecular flexibility index (Phi) is 6.00. The highest BCUT2D eigenvalue weighted by atomic mass is 35.5. The molecule has 0 radical (unpaired) electrons. The third-order valence-electron chi connectivity index (χ3n) is 3.03. The standard InChI is InChI=1S/C14H13Cl2N3O4S/c15-12-2-1-3-13(14(12)16)24(22,23)18-9-8-17-10-4-6-11(7-5-10)19(20)21/h1-7,17-18H,8-9H2. The molecular weight excluding hydrogens is 377 g/mol. The number of rotatable bonds is 7. The molecule has 24 heavy (non-hydrogen) atoms. The number of anilines is 1. The molecular formula is C14H13Cl2N3O4S.